The molecule has 0 saturated heterocycles. The molecule has 0 atom stereocenters. The molecule has 2 aromatic carbocycles. The van der Waals surface area contributed by atoms with E-state index in [4.69, 9.17) is 0 Å². The number of aryl methyl sites for hydroxylation is 3. The van der Waals surface area contributed by atoms with Gasteiger partial charge in [0, 0.05) is 28.0 Å². The fraction of sp³-hybridized carbons (Fsp3) is 0.200. The van der Waals surface area contributed by atoms with Gasteiger partial charge in [0.05, 0.1) is 9.82 Å². The van der Waals surface area contributed by atoms with Gasteiger partial charge in [-0.3, -0.25) is 10.1 Å². The molecule has 0 radical (unpaired) electrons. The Hall–Kier alpha value is -2.53. The first-order valence-corrected chi connectivity index (χ1v) is 8.88. The number of rotatable bonds is 4. The lowest BCUT2D eigenvalue weighted by Crippen LogP contribution is -2.01. The van der Waals surface area contributed by atoms with Crippen LogP contribution in [0.25, 0.3) is 5.69 Å². The highest BCUT2D eigenvalue weighted by atomic mass is 32.2. The maximum Gasteiger partial charge on any atom is 0.283 e. The summed E-state index contributed by atoms with van der Waals surface area (Å²) in [4.78, 5) is 12.6. The Morgan fingerprint density at radius 2 is 1.68 bits per heavy atom. The zero-order valence-electron chi connectivity index (χ0n) is 14.7. The van der Waals surface area contributed by atoms with E-state index in [9.17, 15) is 10.1 Å². The first-order valence-electron chi connectivity index (χ1n) is 8.06. The summed E-state index contributed by atoms with van der Waals surface area (Å²) in [6.45, 7) is 8.32. The minimum Gasteiger partial charge on any atom is -0.317 e. The lowest BCUT2D eigenvalue weighted by molar-refractivity contribution is -0.387. The van der Waals surface area contributed by atoms with Crippen LogP contribution in [0.2, 0.25) is 0 Å². The Balaban J connectivity index is 2.05. The van der Waals surface area contributed by atoms with Crippen molar-refractivity contribution in [1.29, 1.82) is 0 Å². The summed E-state index contributed by atoms with van der Waals surface area (Å²) in [7, 11) is 0. The Kier molecular flexibility index (Phi) is 4.68. The summed E-state index contributed by atoms with van der Waals surface area (Å²) in [6, 6.07) is 15.4. The minimum atomic E-state index is -0.328. The van der Waals surface area contributed by atoms with Crippen molar-refractivity contribution >= 4 is 17.4 Å². The average molecular weight is 352 g/mol. The molecule has 0 spiro atoms. The zero-order chi connectivity index (χ0) is 18.1. The molecular weight excluding hydrogens is 332 g/mol. The van der Waals surface area contributed by atoms with Crippen LogP contribution in [-0.2, 0) is 0 Å². The van der Waals surface area contributed by atoms with Crippen LogP contribution >= 0.6 is 11.8 Å². The van der Waals surface area contributed by atoms with E-state index in [1.165, 1.54) is 22.9 Å². The van der Waals surface area contributed by atoms with E-state index in [1.807, 2.05) is 6.07 Å². The van der Waals surface area contributed by atoms with Crippen molar-refractivity contribution in [2.45, 2.75) is 37.5 Å². The molecule has 0 amide bonds. The van der Waals surface area contributed by atoms with Crippen molar-refractivity contribution in [1.82, 2.24) is 4.57 Å². The number of benzene rings is 2. The third kappa shape index (κ3) is 3.33. The maximum absolute atomic E-state index is 11.3. The predicted molar refractivity (Wildman–Crippen MR) is 102 cm³/mol. The van der Waals surface area contributed by atoms with Gasteiger partial charge in [0.15, 0.2) is 0 Å². The molecule has 3 rings (SSSR count). The summed E-state index contributed by atoms with van der Waals surface area (Å²) in [5.74, 6) is 0. The van der Waals surface area contributed by atoms with Gasteiger partial charge in [-0.1, -0.05) is 41.6 Å². The normalized spacial score (nSPS) is 10.9. The molecule has 0 N–H and O–H groups in total. The fourth-order valence-electron chi connectivity index (χ4n) is 3.08. The highest BCUT2D eigenvalue weighted by Crippen LogP contribution is 2.38. The third-order valence-electron chi connectivity index (χ3n) is 4.26. The highest BCUT2D eigenvalue weighted by Gasteiger charge is 2.18. The van der Waals surface area contributed by atoms with E-state index in [0.29, 0.717) is 4.90 Å². The van der Waals surface area contributed by atoms with E-state index in [1.54, 1.807) is 18.2 Å². The van der Waals surface area contributed by atoms with Crippen molar-refractivity contribution in [3.05, 3.63) is 81.2 Å². The Morgan fingerprint density at radius 3 is 2.36 bits per heavy atom. The smallest absolute Gasteiger partial charge is 0.283 e. The van der Waals surface area contributed by atoms with Crippen molar-refractivity contribution in [2.24, 2.45) is 0 Å². The quantitative estimate of drug-likeness (QED) is 0.442. The number of nitro benzene ring substituents is 1. The zero-order valence-corrected chi connectivity index (χ0v) is 15.6. The van der Waals surface area contributed by atoms with Crippen molar-refractivity contribution < 1.29 is 4.92 Å². The van der Waals surface area contributed by atoms with Gasteiger partial charge in [0.1, 0.15) is 0 Å². The molecule has 4 nitrogen and oxygen atoms in total. The van der Waals surface area contributed by atoms with Crippen LogP contribution in [0.4, 0.5) is 5.69 Å². The van der Waals surface area contributed by atoms with Crippen LogP contribution < -0.4 is 0 Å². The SMILES string of the molecule is Cc1ccc(-n2c(C)cc(Sc3ccccc3[N+](=O)[O-])c2C)c(C)c1. The van der Waals surface area contributed by atoms with Gasteiger partial charge < -0.3 is 4.57 Å². The summed E-state index contributed by atoms with van der Waals surface area (Å²) in [6.07, 6.45) is 0. The molecule has 0 unspecified atom stereocenters. The number of hydrogen-bond acceptors (Lipinski definition) is 3. The van der Waals surface area contributed by atoms with E-state index < -0.39 is 0 Å². The van der Waals surface area contributed by atoms with Crippen LogP contribution in [0.5, 0.6) is 0 Å². The second-order valence-corrected chi connectivity index (χ2v) is 7.27. The largest absolute Gasteiger partial charge is 0.317 e. The molecule has 5 heteroatoms. The van der Waals surface area contributed by atoms with Crippen molar-refractivity contribution in [3.63, 3.8) is 0 Å². The predicted octanol–water partition coefficient (Wildman–Crippen LogP) is 5.77. The van der Waals surface area contributed by atoms with E-state index in [2.05, 4.69) is 56.5 Å². The number of hydrogen-bond donors (Lipinski definition) is 0. The molecule has 3 aromatic rings. The van der Waals surface area contributed by atoms with Crippen LogP contribution in [0.3, 0.4) is 0 Å². The van der Waals surface area contributed by atoms with Gasteiger partial charge in [-0.25, -0.2) is 0 Å². The van der Waals surface area contributed by atoms with Crippen LogP contribution in [0, 0.1) is 37.8 Å². The molecular formula is C20H20N2O2S. The first-order chi connectivity index (χ1) is 11.9. The molecule has 0 aliphatic heterocycles. The second kappa shape index (κ2) is 6.76. The number of aromatic nitrogens is 1. The van der Waals surface area contributed by atoms with E-state index in [0.717, 1.165) is 22.0 Å². The van der Waals surface area contributed by atoms with Gasteiger partial charge >= 0.3 is 0 Å². The van der Waals surface area contributed by atoms with Crippen molar-refractivity contribution in [2.75, 3.05) is 0 Å². The molecule has 128 valence electrons. The van der Waals surface area contributed by atoms with Crippen molar-refractivity contribution in [3.8, 4) is 5.69 Å². The van der Waals surface area contributed by atoms with Crippen LogP contribution in [-0.4, -0.2) is 9.49 Å². The van der Waals surface area contributed by atoms with E-state index in [-0.39, 0.29) is 10.6 Å². The summed E-state index contributed by atoms with van der Waals surface area (Å²) >= 11 is 1.45. The third-order valence-corrected chi connectivity index (χ3v) is 5.46. The molecule has 1 aromatic heterocycles. The Bertz CT molecular complexity index is 960. The monoisotopic (exact) mass is 352 g/mol. The van der Waals surface area contributed by atoms with Gasteiger partial charge in [0.2, 0.25) is 0 Å². The second-order valence-electron chi connectivity index (χ2n) is 6.19. The highest BCUT2D eigenvalue weighted by molar-refractivity contribution is 7.99. The number of para-hydroxylation sites is 1. The molecule has 0 fully saturated rings. The van der Waals surface area contributed by atoms with Gasteiger partial charge in [-0.15, -0.1) is 0 Å². The molecule has 25 heavy (non-hydrogen) atoms. The molecule has 0 aliphatic carbocycles. The maximum atomic E-state index is 11.3. The fourth-order valence-corrected chi connectivity index (χ4v) is 4.18. The molecule has 0 aliphatic rings. The Morgan fingerprint density at radius 1 is 0.960 bits per heavy atom. The number of nitro groups is 1. The molecule has 0 bridgehead atoms. The lowest BCUT2D eigenvalue weighted by atomic mass is 10.1. The molecule has 0 saturated carbocycles. The number of nitrogens with zero attached hydrogens (tertiary/aromatic N) is 2. The van der Waals surface area contributed by atoms with Gasteiger partial charge in [0.25, 0.3) is 5.69 Å². The van der Waals surface area contributed by atoms with Gasteiger partial charge in [-0.2, -0.15) is 0 Å². The Labute approximate surface area is 151 Å². The topological polar surface area (TPSA) is 48.1 Å². The van der Waals surface area contributed by atoms with Crippen LogP contribution in [0.15, 0.2) is 58.3 Å². The van der Waals surface area contributed by atoms with Crippen LogP contribution in [0.1, 0.15) is 22.5 Å². The first kappa shape index (κ1) is 17.3. The summed E-state index contributed by atoms with van der Waals surface area (Å²) in [5, 5.41) is 11.3. The summed E-state index contributed by atoms with van der Waals surface area (Å²) < 4.78 is 2.21. The molecule has 1 heterocycles. The lowest BCUT2D eigenvalue weighted by Gasteiger charge is -2.13. The average Bonchev–Trinajstić information content (AvgIpc) is 2.82. The summed E-state index contributed by atoms with van der Waals surface area (Å²) in [5.41, 5.74) is 5.94. The minimum absolute atomic E-state index is 0.142. The standard InChI is InChI=1S/C20H20N2O2S/c1-13-9-10-17(14(2)11-13)21-15(3)12-20(16(21)4)25-19-8-6-5-7-18(19)22(23)24/h5-12H,1-4H3. The van der Waals surface area contributed by atoms with E-state index >= 15 is 0 Å². The van der Waals surface area contributed by atoms with Gasteiger partial charge in [-0.05, 0) is 51.5 Å².